The normalized spacial score (nSPS) is 12.0. The van der Waals surface area contributed by atoms with Crippen molar-refractivity contribution in [1.82, 2.24) is 14.6 Å². The van der Waals surface area contributed by atoms with Crippen LogP contribution in [-0.4, -0.2) is 25.7 Å². The van der Waals surface area contributed by atoms with Crippen molar-refractivity contribution in [3.63, 3.8) is 0 Å². The molecule has 0 atom stereocenters. The molecule has 1 aromatic carbocycles. The summed E-state index contributed by atoms with van der Waals surface area (Å²) in [6.45, 7) is 0. The molecule has 0 aliphatic heterocycles. The molecule has 22 heavy (non-hydrogen) atoms. The Kier molecular flexibility index (Phi) is 3.16. The number of carboxylic acid groups (broad SMARTS) is 1. The van der Waals surface area contributed by atoms with E-state index in [0.29, 0.717) is 22.6 Å². The number of nitrogens with zero attached hydrogens (tertiary/aromatic N) is 2. The highest BCUT2D eigenvalue weighted by Crippen LogP contribution is 2.30. The first-order valence-corrected chi connectivity index (χ1v) is 6.29. The molecule has 8 heteroatoms. The van der Waals surface area contributed by atoms with Crippen molar-refractivity contribution in [3.05, 3.63) is 47.8 Å². The average molecular weight is 309 g/mol. The lowest BCUT2D eigenvalue weighted by atomic mass is 10.1. The zero-order valence-electron chi connectivity index (χ0n) is 11.1. The van der Waals surface area contributed by atoms with Crippen molar-refractivity contribution < 1.29 is 23.1 Å². The van der Waals surface area contributed by atoms with Crippen LogP contribution in [0.25, 0.3) is 16.9 Å². The van der Waals surface area contributed by atoms with Gasteiger partial charge in [-0.1, -0.05) is 12.1 Å². The summed E-state index contributed by atoms with van der Waals surface area (Å²) in [5.41, 5.74) is 1.37. The van der Waals surface area contributed by atoms with Gasteiger partial charge in [0.05, 0.1) is 29.6 Å². The molecule has 0 bridgehead atoms. The number of aromatic amines is 1. The monoisotopic (exact) mass is 309 g/mol. The maximum absolute atomic E-state index is 12.5. The molecule has 2 heterocycles. The van der Waals surface area contributed by atoms with E-state index in [9.17, 15) is 18.0 Å². The van der Waals surface area contributed by atoms with Crippen LogP contribution >= 0.6 is 0 Å². The van der Waals surface area contributed by atoms with E-state index >= 15 is 0 Å². The van der Waals surface area contributed by atoms with E-state index in [4.69, 9.17) is 5.11 Å². The second-order valence-electron chi connectivity index (χ2n) is 4.78. The summed E-state index contributed by atoms with van der Waals surface area (Å²) in [5, 5.41) is 11.6. The van der Waals surface area contributed by atoms with Gasteiger partial charge in [-0.2, -0.15) is 13.2 Å². The maximum atomic E-state index is 12.5. The van der Waals surface area contributed by atoms with Crippen LogP contribution in [0, 0.1) is 0 Å². The van der Waals surface area contributed by atoms with Crippen molar-refractivity contribution in [1.29, 1.82) is 0 Å². The lowest BCUT2D eigenvalue weighted by molar-refractivity contribution is -0.138. The SMILES string of the molecule is O=C(O)Cc1cn2[nH]c(-c3ccc(C(F)(F)F)cc3)cc2n1. The number of hydrogen-bond donors (Lipinski definition) is 2. The number of carbonyl (C=O) groups is 1. The van der Waals surface area contributed by atoms with E-state index in [-0.39, 0.29) is 6.42 Å². The van der Waals surface area contributed by atoms with Gasteiger partial charge in [0.15, 0.2) is 5.65 Å². The molecule has 114 valence electrons. The van der Waals surface area contributed by atoms with Gasteiger partial charge in [-0.15, -0.1) is 0 Å². The molecule has 3 aromatic rings. The number of rotatable bonds is 3. The van der Waals surface area contributed by atoms with Gasteiger partial charge in [-0.05, 0) is 17.7 Å². The molecule has 2 aromatic heterocycles. The van der Waals surface area contributed by atoms with Gasteiger partial charge in [-0.25, -0.2) is 9.50 Å². The summed E-state index contributed by atoms with van der Waals surface area (Å²) in [6, 6.07) is 6.40. The average Bonchev–Trinajstić information content (AvgIpc) is 2.95. The van der Waals surface area contributed by atoms with Crippen molar-refractivity contribution in [2.24, 2.45) is 0 Å². The van der Waals surface area contributed by atoms with E-state index < -0.39 is 17.7 Å². The van der Waals surface area contributed by atoms with E-state index in [1.807, 2.05) is 0 Å². The Hall–Kier alpha value is -2.77. The third-order valence-corrected chi connectivity index (χ3v) is 3.15. The highest BCUT2D eigenvalue weighted by atomic mass is 19.4. The summed E-state index contributed by atoms with van der Waals surface area (Å²) in [7, 11) is 0. The Labute approximate surface area is 122 Å². The lowest BCUT2D eigenvalue weighted by Gasteiger charge is -2.06. The molecule has 0 spiro atoms. The number of fused-ring (bicyclic) bond motifs is 1. The van der Waals surface area contributed by atoms with Gasteiger partial charge in [-0.3, -0.25) is 9.89 Å². The number of benzene rings is 1. The van der Waals surface area contributed by atoms with E-state index in [1.165, 1.54) is 22.8 Å². The smallest absolute Gasteiger partial charge is 0.416 e. The molecular formula is C14H10F3N3O2. The van der Waals surface area contributed by atoms with Crippen molar-refractivity contribution in [3.8, 4) is 11.3 Å². The Morgan fingerprint density at radius 3 is 2.50 bits per heavy atom. The van der Waals surface area contributed by atoms with Crippen LogP contribution in [0.5, 0.6) is 0 Å². The summed E-state index contributed by atoms with van der Waals surface area (Å²) in [5.74, 6) is -0.983. The molecule has 3 rings (SSSR count). The predicted octanol–water partition coefficient (Wildman–Crippen LogP) is 2.98. The van der Waals surface area contributed by atoms with Crippen LogP contribution in [-0.2, 0) is 17.4 Å². The molecule has 0 saturated heterocycles. The second-order valence-corrected chi connectivity index (χ2v) is 4.78. The Bertz CT molecular complexity index is 800. The molecule has 0 fully saturated rings. The minimum atomic E-state index is -4.37. The van der Waals surface area contributed by atoms with Gasteiger partial charge in [0, 0.05) is 6.07 Å². The largest absolute Gasteiger partial charge is 0.481 e. The molecule has 0 aliphatic carbocycles. The number of nitrogens with one attached hydrogen (secondary N) is 1. The van der Waals surface area contributed by atoms with Crippen molar-refractivity contribution >= 4 is 11.6 Å². The summed E-state index contributed by atoms with van der Waals surface area (Å²) in [4.78, 5) is 14.7. The number of carboxylic acids is 1. The third-order valence-electron chi connectivity index (χ3n) is 3.15. The first-order chi connectivity index (χ1) is 10.3. The maximum Gasteiger partial charge on any atom is 0.416 e. The van der Waals surface area contributed by atoms with Crippen LogP contribution in [0.15, 0.2) is 36.5 Å². The summed E-state index contributed by atoms with van der Waals surface area (Å²) >= 11 is 0. The first-order valence-electron chi connectivity index (χ1n) is 6.29. The fourth-order valence-electron chi connectivity index (χ4n) is 2.15. The Morgan fingerprint density at radius 1 is 1.27 bits per heavy atom. The van der Waals surface area contributed by atoms with Crippen LogP contribution in [0.1, 0.15) is 11.3 Å². The van der Waals surface area contributed by atoms with Gasteiger partial charge in [0.2, 0.25) is 0 Å². The third kappa shape index (κ3) is 2.67. The zero-order chi connectivity index (χ0) is 15.9. The number of H-pyrrole nitrogens is 1. The Balaban J connectivity index is 1.90. The van der Waals surface area contributed by atoms with E-state index in [2.05, 4.69) is 10.1 Å². The van der Waals surface area contributed by atoms with Crippen LogP contribution in [0.4, 0.5) is 13.2 Å². The molecule has 0 amide bonds. The molecule has 0 radical (unpaired) electrons. The summed E-state index contributed by atoms with van der Waals surface area (Å²) < 4.78 is 39.1. The number of imidazole rings is 1. The predicted molar refractivity (Wildman–Crippen MR) is 71.3 cm³/mol. The fraction of sp³-hybridized carbons (Fsp3) is 0.143. The minimum Gasteiger partial charge on any atom is -0.481 e. The number of aliphatic carboxylic acids is 1. The first kappa shape index (κ1) is 14.2. The van der Waals surface area contributed by atoms with Gasteiger partial charge >= 0.3 is 12.1 Å². The zero-order valence-corrected chi connectivity index (χ0v) is 11.1. The highest BCUT2D eigenvalue weighted by molar-refractivity contribution is 5.70. The topological polar surface area (TPSA) is 70.4 Å². The van der Waals surface area contributed by atoms with E-state index in [0.717, 1.165) is 12.1 Å². The standard InChI is InChI=1S/C14H10F3N3O2/c15-14(16,17)9-3-1-8(2-4-9)11-6-12-18-10(5-13(21)22)7-20(12)19-11/h1-4,6-7,19H,5H2,(H,21,22). The molecular weight excluding hydrogens is 299 g/mol. The lowest BCUT2D eigenvalue weighted by Crippen LogP contribution is -2.04. The van der Waals surface area contributed by atoms with Crippen molar-refractivity contribution in [2.45, 2.75) is 12.6 Å². The van der Waals surface area contributed by atoms with E-state index in [1.54, 1.807) is 6.07 Å². The number of aromatic nitrogens is 3. The quantitative estimate of drug-likeness (QED) is 0.781. The van der Waals surface area contributed by atoms with Crippen LogP contribution < -0.4 is 0 Å². The second kappa shape index (κ2) is 4.90. The molecule has 0 unspecified atom stereocenters. The Morgan fingerprint density at radius 2 is 1.95 bits per heavy atom. The molecule has 2 N–H and O–H groups in total. The molecule has 0 saturated carbocycles. The van der Waals surface area contributed by atoms with Crippen LogP contribution in [0.2, 0.25) is 0 Å². The molecule has 5 nitrogen and oxygen atoms in total. The number of hydrogen-bond acceptors (Lipinski definition) is 2. The van der Waals surface area contributed by atoms with Crippen LogP contribution in [0.3, 0.4) is 0 Å². The molecule has 0 aliphatic rings. The van der Waals surface area contributed by atoms with Gasteiger partial charge < -0.3 is 5.11 Å². The van der Waals surface area contributed by atoms with Crippen molar-refractivity contribution in [2.75, 3.05) is 0 Å². The summed E-state index contributed by atoms with van der Waals surface area (Å²) in [6.07, 6.45) is -3.02. The van der Waals surface area contributed by atoms with Gasteiger partial charge in [0.25, 0.3) is 0 Å². The number of halogens is 3. The van der Waals surface area contributed by atoms with Gasteiger partial charge in [0.1, 0.15) is 0 Å². The minimum absolute atomic E-state index is 0.189. The fourth-order valence-corrected chi connectivity index (χ4v) is 2.15. The number of alkyl halides is 3. The highest BCUT2D eigenvalue weighted by Gasteiger charge is 2.30.